The number of amides is 3. The van der Waals surface area contributed by atoms with Crippen LogP contribution in [0.4, 0.5) is 16.2 Å². The van der Waals surface area contributed by atoms with Gasteiger partial charge in [-0.3, -0.25) is 9.59 Å². The van der Waals surface area contributed by atoms with Crippen LogP contribution in [-0.4, -0.2) is 80.2 Å². The molecule has 2 fully saturated rings. The predicted octanol–water partition coefficient (Wildman–Crippen LogP) is 5.57. The lowest BCUT2D eigenvalue weighted by atomic mass is 10.0. The second kappa shape index (κ2) is 15.0. The van der Waals surface area contributed by atoms with E-state index in [0.717, 1.165) is 74.4 Å². The highest BCUT2D eigenvalue weighted by Gasteiger charge is 2.30. The van der Waals surface area contributed by atoms with Gasteiger partial charge < -0.3 is 19.9 Å². The Morgan fingerprint density at radius 2 is 1.68 bits per heavy atom. The number of hydrogen-bond acceptors (Lipinski definition) is 6. The second-order valence-corrected chi connectivity index (χ2v) is 11.4. The van der Waals surface area contributed by atoms with Crippen molar-refractivity contribution in [3.05, 3.63) is 84.4 Å². The highest BCUT2D eigenvalue weighted by atomic mass is 16.6. The first-order chi connectivity index (χ1) is 21.5. The normalized spacial score (nSPS) is 16.7. The van der Waals surface area contributed by atoms with E-state index in [0.29, 0.717) is 12.0 Å². The Hall–Kier alpha value is -4.21. The summed E-state index contributed by atoms with van der Waals surface area (Å²) >= 11 is 0. The Balaban J connectivity index is 1.27. The standard InChI is InChI=1S/C35H43N5O4/c1-3-33(41)39(30-19-20-36-26-30)29-16-12-15-28(25-29)34(42)37(2)23-24-44-35(43)40(38-21-10-5-11-22-38)32-18-9-8-17-31(32)27-13-6-4-7-14-27/h4,6-9,12-18,25,30,36H,3,5,10-11,19-24,26H2,1-2H3. The summed E-state index contributed by atoms with van der Waals surface area (Å²) in [7, 11) is 1.70. The molecule has 3 amide bonds. The minimum atomic E-state index is -0.461. The van der Waals surface area contributed by atoms with Crippen LogP contribution in [0, 0.1) is 0 Å². The zero-order chi connectivity index (χ0) is 30.9. The minimum absolute atomic E-state index is 0.0377. The van der Waals surface area contributed by atoms with Crippen LogP contribution in [0.2, 0.25) is 0 Å². The van der Waals surface area contributed by atoms with E-state index in [-0.39, 0.29) is 31.0 Å². The Labute approximate surface area is 260 Å². The fourth-order valence-corrected chi connectivity index (χ4v) is 5.99. The van der Waals surface area contributed by atoms with Crippen LogP contribution in [0.1, 0.15) is 49.4 Å². The lowest BCUT2D eigenvalue weighted by Gasteiger charge is -2.37. The Morgan fingerprint density at radius 1 is 0.932 bits per heavy atom. The zero-order valence-corrected chi connectivity index (χ0v) is 25.8. The molecule has 3 aromatic carbocycles. The molecular weight excluding hydrogens is 554 g/mol. The van der Waals surface area contributed by atoms with Crippen molar-refractivity contribution in [1.29, 1.82) is 0 Å². The maximum atomic E-state index is 13.7. The molecule has 232 valence electrons. The number of benzene rings is 3. The van der Waals surface area contributed by atoms with Crippen LogP contribution in [0.3, 0.4) is 0 Å². The number of likely N-dealkylation sites (N-methyl/N-ethyl adjacent to an activating group) is 1. The Bertz CT molecular complexity index is 1420. The molecule has 0 saturated carbocycles. The highest BCUT2D eigenvalue weighted by Crippen LogP contribution is 2.33. The molecular formula is C35H43N5O4. The van der Waals surface area contributed by atoms with Gasteiger partial charge in [0, 0.05) is 49.9 Å². The van der Waals surface area contributed by atoms with E-state index in [9.17, 15) is 14.4 Å². The van der Waals surface area contributed by atoms with Crippen LogP contribution in [0.25, 0.3) is 11.1 Å². The number of nitrogens with one attached hydrogen (secondary N) is 1. The number of para-hydroxylation sites is 1. The van der Waals surface area contributed by atoms with E-state index in [2.05, 4.69) is 10.3 Å². The zero-order valence-electron chi connectivity index (χ0n) is 25.8. The molecule has 2 heterocycles. The van der Waals surface area contributed by atoms with Crippen LogP contribution in [0.5, 0.6) is 0 Å². The van der Waals surface area contributed by atoms with Gasteiger partial charge in [-0.25, -0.2) is 14.8 Å². The summed E-state index contributed by atoms with van der Waals surface area (Å²) in [5.74, 6) is -0.158. The number of hydrogen-bond donors (Lipinski definition) is 1. The first kappa shape index (κ1) is 31.2. The number of nitrogens with zero attached hydrogens (tertiary/aromatic N) is 4. The van der Waals surface area contributed by atoms with E-state index < -0.39 is 6.09 Å². The molecule has 9 nitrogen and oxygen atoms in total. The van der Waals surface area contributed by atoms with E-state index in [4.69, 9.17) is 4.74 Å². The van der Waals surface area contributed by atoms with Gasteiger partial charge in [-0.15, -0.1) is 0 Å². The third kappa shape index (κ3) is 7.29. The van der Waals surface area contributed by atoms with Crippen LogP contribution < -0.4 is 15.2 Å². The van der Waals surface area contributed by atoms with Gasteiger partial charge in [0.2, 0.25) is 5.91 Å². The van der Waals surface area contributed by atoms with Crippen molar-refractivity contribution in [2.45, 2.75) is 45.1 Å². The van der Waals surface area contributed by atoms with Gasteiger partial charge in [0.05, 0.1) is 18.3 Å². The van der Waals surface area contributed by atoms with Crippen LogP contribution >= 0.6 is 0 Å². The number of ether oxygens (including phenoxy) is 1. The average molecular weight is 598 g/mol. The van der Waals surface area contributed by atoms with Gasteiger partial charge in [-0.05, 0) is 55.6 Å². The van der Waals surface area contributed by atoms with Crippen molar-refractivity contribution in [3.8, 4) is 11.1 Å². The fraction of sp³-hybridized carbons (Fsp3) is 0.400. The monoisotopic (exact) mass is 597 g/mol. The van der Waals surface area contributed by atoms with Crippen molar-refractivity contribution in [2.75, 3.05) is 56.3 Å². The molecule has 0 radical (unpaired) electrons. The molecule has 0 aliphatic carbocycles. The van der Waals surface area contributed by atoms with E-state index in [1.807, 2.05) is 78.6 Å². The van der Waals surface area contributed by atoms with Crippen molar-refractivity contribution in [2.24, 2.45) is 0 Å². The molecule has 0 spiro atoms. The maximum absolute atomic E-state index is 13.7. The summed E-state index contributed by atoms with van der Waals surface area (Å²) in [6.45, 7) is 5.27. The summed E-state index contributed by atoms with van der Waals surface area (Å²) in [6.07, 6.45) is 3.95. The summed E-state index contributed by atoms with van der Waals surface area (Å²) < 4.78 is 5.83. The van der Waals surface area contributed by atoms with Gasteiger partial charge in [-0.1, -0.05) is 67.9 Å². The number of rotatable bonds is 10. The first-order valence-electron chi connectivity index (χ1n) is 15.7. The van der Waals surface area contributed by atoms with Crippen molar-refractivity contribution < 1.29 is 19.1 Å². The molecule has 2 aliphatic heterocycles. The number of hydrazine groups is 1. The molecule has 5 rings (SSSR count). The lowest BCUT2D eigenvalue weighted by molar-refractivity contribution is -0.118. The second-order valence-electron chi connectivity index (χ2n) is 11.4. The summed E-state index contributed by atoms with van der Waals surface area (Å²) in [6, 6.07) is 25.2. The van der Waals surface area contributed by atoms with Gasteiger partial charge in [-0.2, -0.15) is 0 Å². The SMILES string of the molecule is CCC(=O)N(c1cccc(C(=O)N(C)CCOC(=O)N(c2ccccc2-c2ccccc2)N2CCCCC2)c1)C1CCNC1. The maximum Gasteiger partial charge on any atom is 0.429 e. The summed E-state index contributed by atoms with van der Waals surface area (Å²) in [5.41, 5.74) is 3.96. The molecule has 0 aromatic heterocycles. The van der Waals surface area contributed by atoms with Gasteiger partial charge in [0.15, 0.2) is 0 Å². The van der Waals surface area contributed by atoms with Crippen molar-refractivity contribution in [1.82, 2.24) is 15.2 Å². The number of carbonyl (C=O) groups is 3. The molecule has 1 atom stereocenters. The summed E-state index contributed by atoms with van der Waals surface area (Å²) in [4.78, 5) is 43.3. The molecule has 1 N–H and O–H groups in total. The molecule has 44 heavy (non-hydrogen) atoms. The van der Waals surface area contributed by atoms with E-state index >= 15 is 0 Å². The van der Waals surface area contributed by atoms with Gasteiger partial charge >= 0.3 is 6.09 Å². The molecule has 3 aromatic rings. The molecule has 0 bridgehead atoms. The Kier molecular flexibility index (Phi) is 10.6. The molecule has 2 saturated heterocycles. The van der Waals surface area contributed by atoms with Crippen molar-refractivity contribution >= 4 is 29.3 Å². The summed E-state index contributed by atoms with van der Waals surface area (Å²) in [5, 5.41) is 7.06. The fourth-order valence-electron chi connectivity index (χ4n) is 5.99. The van der Waals surface area contributed by atoms with Crippen molar-refractivity contribution in [3.63, 3.8) is 0 Å². The van der Waals surface area contributed by atoms with Gasteiger partial charge in [0.25, 0.3) is 5.91 Å². The first-order valence-corrected chi connectivity index (χ1v) is 15.7. The third-order valence-corrected chi connectivity index (χ3v) is 8.35. The van der Waals surface area contributed by atoms with Gasteiger partial charge in [0.1, 0.15) is 6.61 Å². The van der Waals surface area contributed by atoms with Crippen LogP contribution in [-0.2, 0) is 9.53 Å². The lowest BCUT2D eigenvalue weighted by Crippen LogP contribution is -2.50. The average Bonchev–Trinajstić information content (AvgIpc) is 3.60. The van der Waals surface area contributed by atoms with Crippen LogP contribution in [0.15, 0.2) is 78.9 Å². The minimum Gasteiger partial charge on any atom is -0.446 e. The molecule has 2 aliphatic rings. The molecule has 9 heteroatoms. The van der Waals surface area contributed by atoms with E-state index in [1.165, 1.54) is 0 Å². The third-order valence-electron chi connectivity index (χ3n) is 8.35. The van der Waals surface area contributed by atoms with E-state index in [1.54, 1.807) is 29.1 Å². The topological polar surface area (TPSA) is 85.4 Å². The predicted molar refractivity (Wildman–Crippen MR) is 174 cm³/mol. The highest BCUT2D eigenvalue weighted by molar-refractivity contribution is 5.98. The molecule has 1 unspecified atom stereocenters. The number of anilines is 2. The number of carbonyl (C=O) groups excluding carboxylic acids is 3. The smallest absolute Gasteiger partial charge is 0.429 e. The number of piperidine rings is 1. The largest absolute Gasteiger partial charge is 0.446 e. The Morgan fingerprint density at radius 3 is 2.41 bits per heavy atom. The quantitative estimate of drug-likeness (QED) is 0.329.